The van der Waals surface area contributed by atoms with Crippen LogP contribution >= 0.6 is 0 Å². The Balaban J connectivity index is 1.63. The van der Waals surface area contributed by atoms with Crippen molar-refractivity contribution in [3.8, 4) is 0 Å². The molecule has 1 aromatic rings. The number of nitrogens with zero attached hydrogens (tertiary/aromatic N) is 3. The zero-order valence-corrected chi connectivity index (χ0v) is 16.7. The highest BCUT2D eigenvalue weighted by Gasteiger charge is 2.41. The third kappa shape index (κ3) is 4.57. The van der Waals surface area contributed by atoms with Crippen molar-refractivity contribution in [3.63, 3.8) is 0 Å². The van der Waals surface area contributed by atoms with Crippen LogP contribution in [0.25, 0.3) is 0 Å². The number of carbonyl (C=O) groups is 1. The summed E-state index contributed by atoms with van der Waals surface area (Å²) in [4.78, 5) is 27.2. The maximum Gasteiger partial charge on any atom is 0.320 e. The molecule has 0 saturated heterocycles. The van der Waals surface area contributed by atoms with E-state index in [1.54, 1.807) is 10.8 Å². The second kappa shape index (κ2) is 7.44. The van der Waals surface area contributed by atoms with Gasteiger partial charge in [-0.25, -0.2) is 14.6 Å². The molecule has 2 amide bonds. The van der Waals surface area contributed by atoms with Gasteiger partial charge in [0, 0.05) is 38.7 Å². The number of hydrogen-bond acceptors (Lipinski definition) is 5. The van der Waals surface area contributed by atoms with Crippen LogP contribution in [0.15, 0.2) is 4.99 Å². The van der Waals surface area contributed by atoms with Crippen molar-refractivity contribution in [1.82, 2.24) is 20.4 Å². The van der Waals surface area contributed by atoms with Gasteiger partial charge in [0.25, 0.3) is 0 Å². The van der Waals surface area contributed by atoms with Gasteiger partial charge in [-0.3, -0.25) is 10.00 Å². The highest BCUT2D eigenvalue weighted by atomic mass is 16.2. The van der Waals surface area contributed by atoms with Crippen molar-refractivity contribution >= 4 is 17.9 Å². The van der Waals surface area contributed by atoms with Crippen LogP contribution < -0.4 is 16.0 Å². The lowest BCUT2D eigenvalue weighted by Gasteiger charge is -2.45. The fourth-order valence-electron chi connectivity index (χ4n) is 4.91. The van der Waals surface area contributed by atoms with Crippen LogP contribution in [-0.4, -0.2) is 41.0 Å². The number of amides is 2. The maximum atomic E-state index is 12.5. The molecule has 2 heterocycles. The predicted octanol–water partition coefficient (Wildman–Crippen LogP) is 2.11. The molecule has 0 spiro atoms. The molecule has 1 fully saturated rings. The van der Waals surface area contributed by atoms with Crippen LogP contribution in [0.4, 0.5) is 10.6 Å². The normalized spacial score (nSPS) is 26.6. The molecule has 8 heteroatoms. The predicted molar refractivity (Wildman–Crippen MR) is 103 cm³/mol. The molecule has 27 heavy (non-hydrogen) atoms. The fourth-order valence-corrected chi connectivity index (χ4v) is 4.91. The number of urea groups is 1. The number of carbonyl (C=O) groups excluding carboxylic acids is 2. The first-order valence-electron chi connectivity index (χ1n) is 9.59. The largest absolute Gasteiger partial charge is 0.337 e. The van der Waals surface area contributed by atoms with E-state index in [0.717, 1.165) is 55.8 Å². The zero-order chi connectivity index (χ0) is 19.7. The quantitative estimate of drug-likeness (QED) is 0.555. The van der Waals surface area contributed by atoms with Crippen LogP contribution in [0.5, 0.6) is 0 Å². The SMILES string of the molecule is Cn1nc2c(c1NC(=O)NCC1(C)CC(N=C=O)CC(C)(C)C1)CNCC2. The summed E-state index contributed by atoms with van der Waals surface area (Å²) in [5.41, 5.74) is 2.06. The lowest BCUT2D eigenvalue weighted by Crippen LogP contribution is -2.45. The number of isocyanates is 1. The number of aliphatic imine (C=N–C) groups is 1. The Morgan fingerprint density at radius 3 is 2.93 bits per heavy atom. The lowest BCUT2D eigenvalue weighted by atomic mass is 9.63. The average Bonchev–Trinajstić information content (AvgIpc) is 2.87. The summed E-state index contributed by atoms with van der Waals surface area (Å²) in [5.74, 6) is 0.743. The van der Waals surface area contributed by atoms with Gasteiger partial charge in [0.1, 0.15) is 5.82 Å². The van der Waals surface area contributed by atoms with Crippen LogP contribution in [0, 0.1) is 10.8 Å². The van der Waals surface area contributed by atoms with Crippen LogP contribution in [-0.2, 0) is 24.8 Å². The van der Waals surface area contributed by atoms with Gasteiger partial charge in [0.05, 0.1) is 11.7 Å². The van der Waals surface area contributed by atoms with E-state index < -0.39 is 0 Å². The van der Waals surface area contributed by atoms with Crippen molar-refractivity contribution in [3.05, 3.63) is 11.3 Å². The van der Waals surface area contributed by atoms with Crippen LogP contribution in [0.1, 0.15) is 51.3 Å². The van der Waals surface area contributed by atoms with E-state index in [9.17, 15) is 9.59 Å². The van der Waals surface area contributed by atoms with Gasteiger partial charge < -0.3 is 10.6 Å². The molecule has 3 rings (SSSR count). The van der Waals surface area contributed by atoms with Gasteiger partial charge in [-0.2, -0.15) is 5.10 Å². The molecule has 1 aromatic heterocycles. The number of aryl methyl sites for hydroxylation is 1. The minimum absolute atomic E-state index is 0.0312. The number of hydrogen-bond donors (Lipinski definition) is 3. The Hall–Kier alpha value is -2.18. The molecule has 2 atom stereocenters. The Labute approximate surface area is 160 Å². The van der Waals surface area contributed by atoms with Gasteiger partial charge in [-0.1, -0.05) is 20.8 Å². The average molecular weight is 374 g/mol. The Bertz CT molecular complexity index is 764. The van der Waals surface area contributed by atoms with Gasteiger partial charge in [-0.15, -0.1) is 0 Å². The van der Waals surface area contributed by atoms with E-state index in [1.165, 1.54) is 0 Å². The minimum Gasteiger partial charge on any atom is -0.337 e. The molecule has 1 saturated carbocycles. The number of nitrogens with one attached hydrogen (secondary N) is 3. The third-order valence-electron chi connectivity index (χ3n) is 5.63. The molecule has 148 valence electrons. The number of rotatable bonds is 4. The first-order chi connectivity index (χ1) is 12.7. The van der Waals surface area contributed by atoms with E-state index in [-0.39, 0.29) is 22.9 Å². The van der Waals surface area contributed by atoms with E-state index in [2.05, 4.69) is 46.8 Å². The minimum atomic E-state index is -0.230. The Kier molecular flexibility index (Phi) is 5.40. The highest BCUT2D eigenvalue weighted by Crippen LogP contribution is 2.46. The van der Waals surface area contributed by atoms with Crippen molar-refractivity contribution < 1.29 is 9.59 Å². The third-order valence-corrected chi connectivity index (χ3v) is 5.63. The lowest BCUT2D eigenvalue weighted by molar-refractivity contribution is 0.0855. The molecule has 2 unspecified atom stereocenters. The molecule has 0 aromatic carbocycles. The summed E-state index contributed by atoms with van der Waals surface area (Å²) in [7, 11) is 1.85. The maximum absolute atomic E-state index is 12.5. The molecule has 1 aliphatic carbocycles. The van der Waals surface area contributed by atoms with Crippen molar-refractivity contribution in [2.75, 3.05) is 18.4 Å². The number of fused-ring (bicyclic) bond motifs is 1. The summed E-state index contributed by atoms with van der Waals surface area (Å²) in [6.07, 6.45) is 5.19. The monoisotopic (exact) mass is 374 g/mol. The van der Waals surface area contributed by atoms with E-state index >= 15 is 0 Å². The van der Waals surface area contributed by atoms with E-state index in [1.807, 2.05) is 7.05 Å². The summed E-state index contributed by atoms with van der Waals surface area (Å²) >= 11 is 0. The summed E-state index contributed by atoms with van der Waals surface area (Å²) in [5, 5.41) is 13.8. The first kappa shape index (κ1) is 19.6. The Morgan fingerprint density at radius 2 is 2.19 bits per heavy atom. The van der Waals surface area contributed by atoms with Crippen molar-refractivity contribution in [1.29, 1.82) is 0 Å². The summed E-state index contributed by atoms with van der Waals surface area (Å²) < 4.78 is 1.73. The summed E-state index contributed by atoms with van der Waals surface area (Å²) in [6, 6.07) is -0.261. The van der Waals surface area contributed by atoms with Gasteiger partial charge >= 0.3 is 6.03 Å². The number of aromatic nitrogens is 2. The zero-order valence-electron chi connectivity index (χ0n) is 16.7. The van der Waals surface area contributed by atoms with E-state index in [4.69, 9.17) is 0 Å². The molecule has 1 aliphatic heterocycles. The van der Waals surface area contributed by atoms with Crippen molar-refractivity contribution in [2.45, 2.75) is 59.0 Å². The van der Waals surface area contributed by atoms with Crippen LogP contribution in [0.2, 0.25) is 0 Å². The fraction of sp³-hybridized carbons (Fsp3) is 0.737. The first-order valence-corrected chi connectivity index (χ1v) is 9.59. The molecule has 3 N–H and O–H groups in total. The second-order valence-electron chi connectivity index (χ2n) is 9.07. The van der Waals surface area contributed by atoms with Crippen molar-refractivity contribution in [2.24, 2.45) is 22.9 Å². The number of anilines is 1. The molecule has 8 nitrogen and oxygen atoms in total. The molecule has 0 radical (unpaired) electrons. The van der Waals surface area contributed by atoms with Crippen LogP contribution in [0.3, 0.4) is 0 Å². The van der Waals surface area contributed by atoms with Gasteiger partial charge in [0.2, 0.25) is 6.08 Å². The second-order valence-corrected chi connectivity index (χ2v) is 9.07. The highest BCUT2D eigenvalue weighted by molar-refractivity contribution is 5.89. The standard InChI is InChI=1S/C19H30N6O2/c1-18(2)7-13(22-12-26)8-19(3,10-18)11-21-17(27)23-16-14-9-20-6-5-15(14)24-25(16)4/h13,20H,5-11H2,1-4H3,(H2,21,23,27). The molecule has 2 aliphatic rings. The van der Waals surface area contributed by atoms with Gasteiger partial charge in [0.15, 0.2) is 0 Å². The topological polar surface area (TPSA) is 100 Å². The molecular formula is C19H30N6O2. The van der Waals surface area contributed by atoms with Gasteiger partial charge in [-0.05, 0) is 30.1 Å². The Morgan fingerprint density at radius 1 is 1.41 bits per heavy atom. The molecule has 0 bridgehead atoms. The van der Waals surface area contributed by atoms with E-state index in [0.29, 0.717) is 6.54 Å². The summed E-state index contributed by atoms with van der Waals surface area (Å²) in [6.45, 7) is 8.69. The molecular weight excluding hydrogens is 344 g/mol. The smallest absolute Gasteiger partial charge is 0.320 e.